The number of aromatic nitrogens is 2. The summed E-state index contributed by atoms with van der Waals surface area (Å²) in [6, 6.07) is 2.02. The van der Waals surface area contributed by atoms with Crippen LogP contribution in [0.3, 0.4) is 0 Å². The lowest BCUT2D eigenvalue weighted by atomic mass is 10.2. The third kappa shape index (κ3) is 4.43. The molecule has 1 saturated heterocycles. The van der Waals surface area contributed by atoms with Crippen LogP contribution in [0.1, 0.15) is 19.5 Å². The summed E-state index contributed by atoms with van der Waals surface area (Å²) in [5.41, 5.74) is 2.41. The van der Waals surface area contributed by atoms with E-state index in [1.54, 1.807) is 0 Å². The largest absolute Gasteiger partial charge is 0.363 e. The van der Waals surface area contributed by atoms with Crippen LogP contribution in [0.2, 0.25) is 0 Å². The van der Waals surface area contributed by atoms with E-state index >= 15 is 0 Å². The first-order chi connectivity index (χ1) is 9.95. The van der Waals surface area contributed by atoms with Crippen LogP contribution in [0.15, 0.2) is 17.7 Å². The molecule has 1 aliphatic heterocycles. The number of aryl methyl sites for hydroxylation is 1. The zero-order valence-electron chi connectivity index (χ0n) is 13.9. The Hall–Kier alpha value is -1.62. The molecular formula is C16H27N5. The van der Waals surface area contributed by atoms with Crippen molar-refractivity contribution in [2.75, 3.05) is 56.6 Å². The van der Waals surface area contributed by atoms with Gasteiger partial charge in [0.05, 0.1) is 0 Å². The number of allylic oxidation sites excluding steroid dienone is 1. The van der Waals surface area contributed by atoms with Gasteiger partial charge in [-0.25, -0.2) is 4.98 Å². The normalized spacial score (nSPS) is 16.0. The zero-order valence-corrected chi connectivity index (χ0v) is 13.9. The van der Waals surface area contributed by atoms with Crippen LogP contribution in [0.5, 0.6) is 0 Å². The average Bonchev–Trinajstić information content (AvgIpc) is 2.45. The molecule has 1 aromatic heterocycles. The molecule has 21 heavy (non-hydrogen) atoms. The molecule has 0 unspecified atom stereocenters. The summed E-state index contributed by atoms with van der Waals surface area (Å²) in [5, 5.41) is 0. The molecule has 0 spiro atoms. The minimum Gasteiger partial charge on any atom is -0.363 e. The van der Waals surface area contributed by atoms with Crippen LogP contribution in [-0.4, -0.2) is 61.7 Å². The number of anilines is 2. The van der Waals surface area contributed by atoms with E-state index in [-0.39, 0.29) is 0 Å². The van der Waals surface area contributed by atoms with Crippen LogP contribution in [0.25, 0.3) is 0 Å². The standard InChI is InChI=1S/C16H27N5/c1-13(2)6-7-20-8-10-21(11-9-20)16-17-14(3)12-15(18-16)19(4)5/h6,12H,7-11H2,1-5H3. The number of nitrogens with zero attached hydrogens (tertiary/aromatic N) is 5. The third-order valence-corrected chi connectivity index (χ3v) is 3.70. The Kier molecular flexibility index (Phi) is 5.17. The Morgan fingerprint density at radius 2 is 1.86 bits per heavy atom. The second-order valence-corrected chi connectivity index (χ2v) is 6.13. The smallest absolute Gasteiger partial charge is 0.227 e. The fourth-order valence-corrected chi connectivity index (χ4v) is 2.35. The molecule has 0 radical (unpaired) electrons. The molecule has 2 heterocycles. The number of hydrogen-bond acceptors (Lipinski definition) is 5. The van der Waals surface area contributed by atoms with Crippen molar-refractivity contribution < 1.29 is 0 Å². The molecule has 0 atom stereocenters. The van der Waals surface area contributed by atoms with Crippen molar-refractivity contribution in [3.63, 3.8) is 0 Å². The van der Waals surface area contributed by atoms with E-state index in [1.807, 2.05) is 32.0 Å². The lowest BCUT2D eigenvalue weighted by molar-refractivity contribution is 0.282. The summed E-state index contributed by atoms with van der Waals surface area (Å²) < 4.78 is 0. The van der Waals surface area contributed by atoms with E-state index in [2.05, 4.69) is 39.7 Å². The molecule has 1 aromatic rings. The topological polar surface area (TPSA) is 35.5 Å². The van der Waals surface area contributed by atoms with Crippen molar-refractivity contribution in [1.29, 1.82) is 0 Å². The van der Waals surface area contributed by atoms with Crippen LogP contribution < -0.4 is 9.80 Å². The zero-order chi connectivity index (χ0) is 15.4. The maximum atomic E-state index is 4.67. The molecule has 0 saturated carbocycles. The van der Waals surface area contributed by atoms with Gasteiger partial charge in [0.15, 0.2) is 0 Å². The van der Waals surface area contributed by atoms with Gasteiger partial charge in [-0.1, -0.05) is 11.6 Å². The van der Waals surface area contributed by atoms with Gasteiger partial charge in [-0.3, -0.25) is 4.90 Å². The summed E-state index contributed by atoms with van der Waals surface area (Å²) in [6.07, 6.45) is 2.29. The first kappa shape index (κ1) is 15.8. The maximum absolute atomic E-state index is 4.67. The minimum atomic E-state index is 0.862. The average molecular weight is 289 g/mol. The number of rotatable bonds is 4. The molecule has 0 aliphatic carbocycles. The number of piperazine rings is 1. The lowest BCUT2D eigenvalue weighted by Gasteiger charge is -2.34. The highest BCUT2D eigenvalue weighted by Crippen LogP contribution is 2.17. The Morgan fingerprint density at radius 3 is 2.43 bits per heavy atom. The van der Waals surface area contributed by atoms with E-state index in [1.165, 1.54) is 5.57 Å². The Bertz CT molecular complexity index is 497. The molecule has 0 aromatic carbocycles. The van der Waals surface area contributed by atoms with Gasteiger partial charge in [0.1, 0.15) is 5.82 Å². The van der Waals surface area contributed by atoms with Gasteiger partial charge in [-0.2, -0.15) is 4.98 Å². The molecule has 0 bridgehead atoms. The van der Waals surface area contributed by atoms with Crippen LogP contribution in [0, 0.1) is 6.92 Å². The first-order valence-electron chi connectivity index (χ1n) is 7.59. The quantitative estimate of drug-likeness (QED) is 0.792. The second kappa shape index (κ2) is 6.89. The first-order valence-corrected chi connectivity index (χ1v) is 7.59. The second-order valence-electron chi connectivity index (χ2n) is 6.13. The van der Waals surface area contributed by atoms with Crippen LogP contribution >= 0.6 is 0 Å². The summed E-state index contributed by atoms with van der Waals surface area (Å²) >= 11 is 0. The third-order valence-electron chi connectivity index (χ3n) is 3.70. The van der Waals surface area contributed by atoms with Gasteiger partial charge < -0.3 is 9.80 Å². The highest BCUT2D eigenvalue weighted by molar-refractivity contribution is 5.45. The fourth-order valence-electron chi connectivity index (χ4n) is 2.35. The maximum Gasteiger partial charge on any atom is 0.227 e. The van der Waals surface area contributed by atoms with Gasteiger partial charge in [-0.15, -0.1) is 0 Å². The van der Waals surface area contributed by atoms with Gasteiger partial charge in [-0.05, 0) is 20.8 Å². The summed E-state index contributed by atoms with van der Waals surface area (Å²) in [4.78, 5) is 16.1. The summed E-state index contributed by atoms with van der Waals surface area (Å²) in [5.74, 6) is 1.84. The fraction of sp³-hybridized carbons (Fsp3) is 0.625. The summed E-state index contributed by atoms with van der Waals surface area (Å²) in [7, 11) is 4.03. The van der Waals surface area contributed by atoms with E-state index in [0.717, 1.165) is 50.2 Å². The van der Waals surface area contributed by atoms with Crippen LogP contribution in [-0.2, 0) is 0 Å². The highest BCUT2D eigenvalue weighted by atomic mass is 15.3. The molecule has 2 rings (SSSR count). The predicted octanol–water partition coefficient (Wildman–Crippen LogP) is 1.94. The van der Waals surface area contributed by atoms with E-state index in [9.17, 15) is 0 Å². The Morgan fingerprint density at radius 1 is 1.19 bits per heavy atom. The lowest BCUT2D eigenvalue weighted by Crippen LogP contribution is -2.47. The van der Waals surface area contributed by atoms with Gasteiger partial charge in [0.2, 0.25) is 5.95 Å². The molecule has 0 amide bonds. The van der Waals surface area contributed by atoms with Gasteiger partial charge in [0, 0.05) is 58.6 Å². The van der Waals surface area contributed by atoms with Crippen molar-refractivity contribution in [1.82, 2.24) is 14.9 Å². The molecule has 5 heteroatoms. The molecule has 116 valence electrons. The van der Waals surface area contributed by atoms with Gasteiger partial charge in [0.25, 0.3) is 0 Å². The van der Waals surface area contributed by atoms with Gasteiger partial charge >= 0.3 is 0 Å². The predicted molar refractivity (Wildman–Crippen MR) is 89.2 cm³/mol. The SMILES string of the molecule is CC(C)=CCN1CCN(c2nc(C)cc(N(C)C)n2)CC1. The van der Waals surface area contributed by atoms with Crippen molar-refractivity contribution in [3.8, 4) is 0 Å². The van der Waals surface area contributed by atoms with Crippen LogP contribution in [0.4, 0.5) is 11.8 Å². The van der Waals surface area contributed by atoms with Crippen molar-refractivity contribution in [2.45, 2.75) is 20.8 Å². The summed E-state index contributed by atoms with van der Waals surface area (Å²) in [6.45, 7) is 11.5. The Balaban J connectivity index is 2.00. The molecule has 1 fully saturated rings. The monoisotopic (exact) mass is 289 g/mol. The molecule has 1 aliphatic rings. The highest BCUT2D eigenvalue weighted by Gasteiger charge is 2.19. The van der Waals surface area contributed by atoms with E-state index in [0.29, 0.717) is 0 Å². The van der Waals surface area contributed by atoms with E-state index in [4.69, 9.17) is 0 Å². The minimum absolute atomic E-state index is 0.862. The molecule has 5 nitrogen and oxygen atoms in total. The van der Waals surface area contributed by atoms with Crippen molar-refractivity contribution >= 4 is 11.8 Å². The molecule has 0 N–H and O–H groups in total. The van der Waals surface area contributed by atoms with Crippen molar-refractivity contribution in [2.24, 2.45) is 0 Å². The number of hydrogen-bond donors (Lipinski definition) is 0. The molecular weight excluding hydrogens is 262 g/mol. The Labute approximate surface area is 128 Å². The van der Waals surface area contributed by atoms with E-state index < -0.39 is 0 Å². The van der Waals surface area contributed by atoms with Crippen molar-refractivity contribution in [3.05, 3.63) is 23.4 Å².